The normalized spacial score (nSPS) is 12.9. The van der Waals surface area contributed by atoms with Crippen molar-refractivity contribution in [2.24, 2.45) is 5.73 Å². The minimum absolute atomic E-state index is 0.211. The molecule has 0 radical (unpaired) electrons. The monoisotopic (exact) mass is 219 g/mol. The smallest absolute Gasteiger partial charge is 0.320 e. The van der Waals surface area contributed by atoms with Crippen LogP contribution in [0.4, 0.5) is 0 Å². The summed E-state index contributed by atoms with van der Waals surface area (Å²) in [6.45, 7) is 1.98. The molecule has 1 aromatic carbocycles. The van der Waals surface area contributed by atoms with Crippen LogP contribution in [0.1, 0.15) is 11.4 Å². The molecule has 0 aliphatic carbocycles. The second-order valence-corrected chi connectivity index (χ2v) is 3.85. The molecule has 1 aromatic heterocycles. The molecule has 0 bridgehead atoms. The zero-order chi connectivity index (χ0) is 11.7. The van der Waals surface area contributed by atoms with Crippen molar-refractivity contribution in [2.45, 2.75) is 19.4 Å². The molecule has 1 heterocycles. The van der Waals surface area contributed by atoms with Crippen LogP contribution in [0.2, 0.25) is 0 Å². The van der Waals surface area contributed by atoms with Crippen molar-refractivity contribution < 1.29 is 9.90 Å². The van der Waals surface area contributed by atoms with Crippen LogP contribution >= 0.6 is 0 Å². The average molecular weight is 219 g/mol. The first-order chi connectivity index (χ1) is 7.56. The third-order valence-electron chi connectivity index (χ3n) is 2.42. The summed E-state index contributed by atoms with van der Waals surface area (Å²) < 4.78 is 0. The highest BCUT2D eigenvalue weighted by atomic mass is 16.4. The van der Waals surface area contributed by atoms with E-state index in [-0.39, 0.29) is 6.42 Å². The Balaban J connectivity index is 2.29. The molecule has 84 valence electrons. The van der Waals surface area contributed by atoms with Gasteiger partial charge in [0.1, 0.15) is 11.9 Å². The molecule has 0 aliphatic heterocycles. The molecular formula is C11H13N3O2. The van der Waals surface area contributed by atoms with Gasteiger partial charge < -0.3 is 15.8 Å². The van der Waals surface area contributed by atoms with Crippen LogP contribution in [0.25, 0.3) is 11.0 Å². The number of aromatic nitrogens is 2. The molecule has 0 saturated heterocycles. The van der Waals surface area contributed by atoms with Gasteiger partial charge in [-0.15, -0.1) is 0 Å². The Morgan fingerprint density at radius 2 is 2.38 bits per heavy atom. The highest BCUT2D eigenvalue weighted by Gasteiger charge is 2.14. The predicted octanol–water partition coefficient (Wildman–Crippen LogP) is 0.826. The fraction of sp³-hybridized carbons (Fsp3) is 0.273. The Morgan fingerprint density at radius 3 is 3.06 bits per heavy atom. The van der Waals surface area contributed by atoms with E-state index >= 15 is 0 Å². The van der Waals surface area contributed by atoms with Crippen molar-refractivity contribution in [3.05, 3.63) is 29.6 Å². The summed E-state index contributed by atoms with van der Waals surface area (Å²) in [7, 11) is 0. The number of rotatable bonds is 3. The molecule has 0 saturated carbocycles. The van der Waals surface area contributed by atoms with E-state index in [1.807, 2.05) is 25.1 Å². The van der Waals surface area contributed by atoms with Crippen molar-refractivity contribution >= 4 is 17.0 Å². The summed E-state index contributed by atoms with van der Waals surface area (Å²) in [6, 6.07) is 4.93. The van der Waals surface area contributed by atoms with E-state index in [0.717, 1.165) is 16.6 Å². The lowest BCUT2D eigenvalue weighted by molar-refractivity contribution is -0.138. The van der Waals surface area contributed by atoms with Gasteiger partial charge in [0.25, 0.3) is 0 Å². The highest BCUT2D eigenvalue weighted by Crippen LogP contribution is 2.13. The standard InChI is InChI=1S/C11H13N3O2/c1-6-2-3-8-9(4-6)14-10(13-8)5-7(12)11(15)16/h2-4,7H,5,12H2,1H3,(H,13,14)(H,15,16)/t7-/m1/s1. The number of carbonyl (C=O) groups is 1. The van der Waals surface area contributed by atoms with Crippen molar-refractivity contribution in [3.63, 3.8) is 0 Å². The van der Waals surface area contributed by atoms with Crippen LogP contribution in [0.3, 0.4) is 0 Å². The molecular weight excluding hydrogens is 206 g/mol. The topological polar surface area (TPSA) is 92.0 Å². The fourth-order valence-corrected chi connectivity index (χ4v) is 1.56. The molecule has 0 aliphatic rings. The number of nitrogens with two attached hydrogens (primary N) is 1. The Bertz CT molecular complexity index is 533. The molecule has 0 fully saturated rings. The van der Waals surface area contributed by atoms with Crippen LogP contribution in [0.15, 0.2) is 18.2 Å². The van der Waals surface area contributed by atoms with Gasteiger partial charge in [0, 0.05) is 6.42 Å². The number of aryl methyl sites for hydroxylation is 1. The number of imidazole rings is 1. The maximum Gasteiger partial charge on any atom is 0.320 e. The van der Waals surface area contributed by atoms with E-state index in [4.69, 9.17) is 10.8 Å². The van der Waals surface area contributed by atoms with E-state index < -0.39 is 12.0 Å². The molecule has 0 amide bonds. The lowest BCUT2D eigenvalue weighted by Gasteiger charge is -2.01. The maximum absolute atomic E-state index is 10.6. The Kier molecular flexibility index (Phi) is 2.62. The molecule has 0 unspecified atom stereocenters. The van der Waals surface area contributed by atoms with Crippen molar-refractivity contribution in [1.29, 1.82) is 0 Å². The van der Waals surface area contributed by atoms with Crippen LogP contribution in [-0.2, 0) is 11.2 Å². The van der Waals surface area contributed by atoms with Gasteiger partial charge in [-0.25, -0.2) is 4.98 Å². The van der Waals surface area contributed by atoms with Crippen LogP contribution in [0, 0.1) is 6.92 Å². The van der Waals surface area contributed by atoms with Gasteiger partial charge >= 0.3 is 5.97 Å². The SMILES string of the molecule is Cc1ccc2[nH]c(C[C@@H](N)C(=O)O)nc2c1. The van der Waals surface area contributed by atoms with Crippen molar-refractivity contribution in [2.75, 3.05) is 0 Å². The van der Waals surface area contributed by atoms with Gasteiger partial charge in [0.05, 0.1) is 11.0 Å². The Labute approximate surface area is 92.3 Å². The van der Waals surface area contributed by atoms with Gasteiger partial charge in [-0.2, -0.15) is 0 Å². The number of aliphatic carboxylic acids is 1. The second-order valence-electron chi connectivity index (χ2n) is 3.85. The second kappa shape index (κ2) is 3.94. The third kappa shape index (κ3) is 2.04. The molecule has 16 heavy (non-hydrogen) atoms. The summed E-state index contributed by atoms with van der Waals surface area (Å²) in [5, 5.41) is 8.70. The summed E-state index contributed by atoms with van der Waals surface area (Å²) in [5.41, 5.74) is 8.30. The lowest BCUT2D eigenvalue weighted by atomic mass is 10.2. The maximum atomic E-state index is 10.6. The molecule has 2 aromatic rings. The van der Waals surface area contributed by atoms with Gasteiger partial charge in [-0.3, -0.25) is 4.79 Å². The number of aromatic amines is 1. The number of H-pyrrole nitrogens is 1. The van der Waals surface area contributed by atoms with Crippen molar-refractivity contribution in [3.8, 4) is 0 Å². The number of nitrogens with one attached hydrogen (secondary N) is 1. The van der Waals surface area contributed by atoms with E-state index in [9.17, 15) is 4.79 Å². The summed E-state index contributed by atoms with van der Waals surface area (Å²) in [4.78, 5) is 18.0. The number of carboxylic acid groups (broad SMARTS) is 1. The molecule has 0 spiro atoms. The molecule has 2 rings (SSSR count). The number of carboxylic acids is 1. The van der Waals surface area contributed by atoms with E-state index in [1.165, 1.54) is 0 Å². The Morgan fingerprint density at radius 1 is 1.62 bits per heavy atom. The fourth-order valence-electron chi connectivity index (χ4n) is 1.56. The van der Waals surface area contributed by atoms with Gasteiger partial charge in [0.15, 0.2) is 0 Å². The summed E-state index contributed by atoms with van der Waals surface area (Å²) in [5.74, 6) is -0.410. The predicted molar refractivity (Wildman–Crippen MR) is 60.1 cm³/mol. The quantitative estimate of drug-likeness (QED) is 0.712. The van der Waals surface area contributed by atoms with E-state index in [0.29, 0.717) is 5.82 Å². The minimum Gasteiger partial charge on any atom is -0.480 e. The molecule has 5 nitrogen and oxygen atoms in total. The van der Waals surface area contributed by atoms with Gasteiger partial charge in [-0.1, -0.05) is 6.07 Å². The number of nitrogens with zero attached hydrogens (tertiary/aromatic N) is 1. The summed E-state index contributed by atoms with van der Waals surface area (Å²) >= 11 is 0. The van der Waals surface area contributed by atoms with Crippen LogP contribution in [-0.4, -0.2) is 27.1 Å². The number of hydrogen-bond acceptors (Lipinski definition) is 3. The number of benzene rings is 1. The van der Waals surface area contributed by atoms with Gasteiger partial charge in [0.2, 0.25) is 0 Å². The molecule has 4 N–H and O–H groups in total. The first kappa shape index (κ1) is 10.6. The minimum atomic E-state index is -1.02. The lowest BCUT2D eigenvalue weighted by Crippen LogP contribution is -2.32. The zero-order valence-electron chi connectivity index (χ0n) is 8.90. The molecule has 1 atom stereocenters. The highest BCUT2D eigenvalue weighted by molar-refractivity contribution is 5.76. The largest absolute Gasteiger partial charge is 0.480 e. The number of hydrogen-bond donors (Lipinski definition) is 3. The van der Waals surface area contributed by atoms with Crippen molar-refractivity contribution in [1.82, 2.24) is 9.97 Å². The first-order valence-electron chi connectivity index (χ1n) is 5.00. The van der Waals surface area contributed by atoms with Crippen LogP contribution in [0.5, 0.6) is 0 Å². The Hall–Kier alpha value is -1.88. The number of fused-ring (bicyclic) bond motifs is 1. The average Bonchev–Trinajstić information content (AvgIpc) is 2.58. The third-order valence-corrected chi connectivity index (χ3v) is 2.42. The summed E-state index contributed by atoms with van der Waals surface area (Å²) in [6.07, 6.45) is 0.211. The zero-order valence-corrected chi connectivity index (χ0v) is 8.90. The van der Waals surface area contributed by atoms with Crippen LogP contribution < -0.4 is 5.73 Å². The van der Waals surface area contributed by atoms with Gasteiger partial charge in [-0.05, 0) is 24.6 Å². The van der Waals surface area contributed by atoms with E-state index in [2.05, 4.69) is 9.97 Å². The van der Waals surface area contributed by atoms with E-state index in [1.54, 1.807) is 0 Å². The molecule has 5 heteroatoms. The first-order valence-corrected chi connectivity index (χ1v) is 5.00.